The quantitative estimate of drug-likeness (QED) is 0.788. The summed E-state index contributed by atoms with van der Waals surface area (Å²) in [6.45, 7) is 6.30. The molecule has 0 bridgehead atoms. The van der Waals surface area contributed by atoms with Gasteiger partial charge in [-0.05, 0) is 44.0 Å². The lowest BCUT2D eigenvalue weighted by molar-refractivity contribution is 0.0162. The first-order valence-corrected chi connectivity index (χ1v) is 6.18. The number of hydrogen-bond donors (Lipinski definition) is 2. The number of carbonyl (C=O) groups is 1. The van der Waals surface area contributed by atoms with Crippen LogP contribution in [0.25, 0.3) is 0 Å². The van der Waals surface area contributed by atoms with E-state index < -0.39 is 12.1 Å². The van der Waals surface area contributed by atoms with E-state index in [1.165, 1.54) is 0 Å². The Bertz CT molecular complexity index is 418. The van der Waals surface area contributed by atoms with E-state index in [0.29, 0.717) is 12.4 Å². The molecule has 0 saturated heterocycles. The monoisotopic (exact) mass is 268 g/mol. The lowest BCUT2D eigenvalue weighted by Gasteiger charge is -2.16. The van der Waals surface area contributed by atoms with Crippen molar-refractivity contribution in [2.45, 2.75) is 26.9 Å². The largest absolute Gasteiger partial charge is 0.490 e. The van der Waals surface area contributed by atoms with Gasteiger partial charge in [0, 0.05) is 6.61 Å². The second-order valence-electron chi connectivity index (χ2n) is 4.37. The molecule has 106 valence electrons. The molecule has 0 amide bonds. The average Bonchev–Trinajstić information content (AvgIpc) is 2.34. The summed E-state index contributed by atoms with van der Waals surface area (Å²) in [6, 6.07) is 3.11. The number of benzene rings is 1. The maximum Gasteiger partial charge on any atom is 0.335 e. The fraction of sp³-hybridized carbons (Fsp3) is 0.500. The van der Waals surface area contributed by atoms with Crippen LogP contribution in [-0.4, -0.2) is 42.1 Å². The van der Waals surface area contributed by atoms with Gasteiger partial charge in [-0.2, -0.15) is 0 Å². The molecule has 0 radical (unpaired) electrons. The second kappa shape index (κ2) is 7.11. The SMILES string of the molecule is CCOCC(O)COc1c(C)cc(C(=O)O)cc1C. The first-order valence-electron chi connectivity index (χ1n) is 6.18. The standard InChI is InChI=1S/C14H20O5/c1-4-18-7-12(15)8-19-13-9(2)5-11(14(16)17)6-10(13)3/h5-6,12,15H,4,7-8H2,1-3H3,(H,16,17). The van der Waals surface area contributed by atoms with Gasteiger partial charge < -0.3 is 19.7 Å². The van der Waals surface area contributed by atoms with Crippen LogP contribution in [0.1, 0.15) is 28.4 Å². The zero-order valence-electron chi connectivity index (χ0n) is 11.5. The number of aryl methyl sites for hydroxylation is 2. The minimum Gasteiger partial charge on any atom is -0.490 e. The maximum atomic E-state index is 10.9. The molecule has 0 heterocycles. The van der Waals surface area contributed by atoms with Crippen molar-refractivity contribution in [2.24, 2.45) is 0 Å². The third kappa shape index (κ3) is 4.54. The summed E-state index contributed by atoms with van der Waals surface area (Å²) in [5, 5.41) is 18.6. The highest BCUT2D eigenvalue weighted by Gasteiger charge is 2.12. The van der Waals surface area contributed by atoms with Crippen LogP contribution in [-0.2, 0) is 4.74 Å². The Hall–Kier alpha value is -1.59. The summed E-state index contributed by atoms with van der Waals surface area (Å²) < 4.78 is 10.6. The number of carboxylic acid groups (broad SMARTS) is 1. The third-order valence-corrected chi connectivity index (χ3v) is 2.64. The van der Waals surface area contributed by atoms with Crippen LogP contribution in [0, 0.1) is 13.8 Å². The summed E-state index contributed by atoms with van der Waals surface area (Å²) >= 11 is 0. The lowest BCUT2D eigenvalue weighted by atomic mass is 10.1. The number of carboxylic acids is 1. The first kappa shape index (κ1) is 15.5. The normalized spacial score (nSPS) is 12.2. The zero-order valence-corrected chi connectivity index (χ0v) is 11.5. The van der Waals surface area contributed by atoms with E-state index >= 15 is 0 Å². The molecular formula is C14H20O5. The second-order valence-corrected chi connectivity index (χ2v) is 4.37. The van der Waals surface area contributed by atoms with Crippen molar-refractivity contribution in [3.63, 3.8) is 0 Å². The highest BCUT2D eigenvalue weighted by Crippen LogP contribution is 2.25. The number of rotatable bonds is 7. The predicted octanol–water partition coefficient (Wildman–Crippen LogP) is 1.78. The Labute approximate surface area is 112 Å². The van der Waals surface area contributed by atoms with Gasteiger partial charge in [0.05, 0.1) is 12.2 Å². The molecule has 19 heavy (non-hydrogen) atoms. The molecule has 0 aliphatic heterocycles. The highest BCUT2D eigenvalue weighted by molar-refractivity contribution is 5.88. The lowest BCUT2D eigenvalue weighted by Crippen LogP contribution is -2.23. The van der Waals surface area contributed by atoms with E-state index in [1.807, 2.05) is 6.92 Å². The molecule has 0 spiro atoms. The molecule has 2 N–H and O–H groups in total. The summed E-state index contributed by atoms with van der Waals surface area (Å²) in [5.41, 5.74) is 1.71. The molecule has 1 atom stereocenters. The molecule has 0 aromatic heterocycles. The topological polar surface area (TPSA) is 76.0 Å². The minimum absolute atomic E-state index is 0.119. The average molecular weight is 268 g/mol. The Morgan fingerprint density at radius 3 is 2.32 bits per heavy atom. The van der Waals surface area contributed by atoms with Crippen molar-refractivity contribution in [2.75, 3.05) is 19.8 Å². The van der Waals surface area contributed by atoms with Crippen molar-refractivity contribution in [1.82, 2.24) is 0 Å². The molecule has 5 heteroatoms. The van der Waals surface area contributed by atoms with Gasteiger partial charge in [0.25, 0.3) is 0 Å². The Kier molecular flexibility index (Phi) is 5.79. The molecule has 1 aromatic carbocycles. The summed E-state index contributed by atoms with van der Waals surface area (Å²) in [5.74, 6) is -0.352. The van der Waals surface area contributed by atoms with E-state index in [2.05, 4.69) is 0 Å². The molecule has 0 saturated carbocycles. The van der Waals surface area contributed by atoms with Crippen molar-refractivity contribution < 1.29 is 24.5 Å². The van der Waals surface area contributed by atoms with Crippen LogP contribution in [0.4, 0.5) is 0 Å². The van der Waals surface area contributed by atoms with Gasteiger partial charge in [-0.1, -0.05) is 0 Å². The Balaban J connectivity index is 2.71. The van der Waals surface area contributed by atoms with E-state index in [9.17, 15) is 9.90 Å². The van der Waals surface area contributed by atoms with Crippen molar-refractivity contribution in [3.8, 4) is 5.75 Å². The van der Waals surface area contributed by atoms with E-state index in [4.69, 9.17) is 14.6 Å². The molecule has 1 unspecified atom stereocenters. The van der Waals surface area contributed by atoms with Gasteiger partial charge in [0.15, 0.2) is 0 Å². The minimum atomic E-state index is -0.964. The molecule has 5 nitrogen and oxygen atoms in total. The Morgan fingerprint density at radius 1 is 1.26 bits per heavy atom. The molecule has 0 aliphatic carbocycles. The predicted molar refractivity (Wildman–Crippen MR) is 70.9 cm³/mol. The highest BCUT2D eigenvalue weighted by atomic mass is 16.5. The van der Waals surface area contributed by atoms with Gasteiger partial charge in [0.1, 0.15) is 18.5 Å². The van der Waals surface area contributed by atoms with E-state index in [0.717, 1.165) is 11.1 Å². The van der Waals surface area contributed by atoms with Crippen LogP contribution in [0.2, 0.25) is 0 Å². The maximum absolute atomic E-state index is 10.9. The van der Waals surface area contributed by atoms with Crippen LogP contribution in [0.15, 0.2) is 12.1 Å². The van der Waals surface area contributed by atoms with Gasteiger partial charge in [-0.15, -0.1) is 0 Å². The van der Waals surface area contributed by atoms with Gasteiger partial charge >= 0.3 is 5.97 Å². The Morgan fingerprint density at radius 2 is 1.84 bits per heavy atom. The molecular weight excluding hydrogens is 248 g/mol. The number of aliphatic hydroxyl groups is 1. The number of aromatic carboxylic acids is 1. The molecule has 0 aliphatic rings. The smallest absolute Gasteiger partial charge is 0.335 e. The van der Waals surface area contributed by atoms with Crippen molar-refractivity contribution in [1.29, 1.82) is 0 Å². The van der Waals surface area contributed by atoms with Crippen molar-refractivity contribution in [3.05, 3.63) is 28.8 Å². The fourth-order valence-electron chi connectivity index (χ4n) is 1.78. The van der Waals surface area contributed by atoms with E-state index in [1.54, 1.807) is 26.0 Å². The number of hydrogen-bond acceptors (Lipinski definition) is 4. The number of ether oxygens (including phenoxy) is 2. The fourth-order valence-corrected chi connectivity index (χ4v) is 1.78. The number of aliphatic hydroxyl groups excluding tert-OH is 1. The van der Waals surface area contributed by atoms with Crippen molar-refractivity contribution >= 4 is 5.97 Å². The summed E-state index contributed by atoms with van der Waals surface area (Å²) in [4.78, 5) is 10.9. The van der Waals surface area contributed by atoms with Gasteiger partial charge in [-0.25, -0.2) is 4.79 Å². The van der Waals surface area contributed by atoms with Crippen LogP contribution < -0.4 is 4.74 Å². The van der Waals surface area contributed by atoms with Crippen LogP contribution in [0.3, 0.4) is 0 Å². The zero-order chi connectivity index (χ0) is 14.4. The summed E-state index contributed by atoms with van der Waals surface area (Å²) in [6.07, 6.45) is -0.696. The van der Waals surface area contributed by atoms with Crippen LogP contribution >= 0.6 is 0 Å². The van der Waals surface area contributed by atoms with Gasteiger partial charge in [-0.3, -0.25) is 0 Å². The summed E-state index contributed by atoms with van der Waals surface area (Å²) in [7, 11) is 0. The van der Waals surface area contributed by atoms with Gasteiger partial charge in [0.2, 0.25) is 0 Å². The van der Waals surface area contributed by atoms with E-state index in [-0.39, 0.29) is 18.8 Å². The molecule has 1 rings (SSSR count). The van der Waals surface area contributed by atoms with Crippen LogP contribution in [0.5, 0.6) is 5.75 Å². The first-order chi connectivity index (χ1) is 8.95. The third-order valence-electron chi connectivity index (χ3n) is 2.64. The molecule has 0 fully saturated rings. The molecule has 1 aromatic rings.